The molecule has 2 atom stereocenters. The molecule has 1 saturated heterocycles. The van der Waals surface area contributed by atoms with E-state index in [4.69, 9.17) is 9.47 Å². The van der Waals surface area contributed by atoms with Crippen molar-refractivity contribution in [3.05, 3.63) is 23.8 Å². The second-order valence-corrected chi connectivity index (χ2v) is 8.34. The Kier molecular flexibility index (Phi) is 7.86. The van der Waals surface area contributed by atoms with Crippen LogP contribution in [0.4, 0.5) is 4.79 Å². The van der Waals surface area contributed by atoms with Crippen molar-refractivity contribution >= 4 is 23.7 Å². The Morgan fingerprint density at radius 2 is 2.04 bits per heavy atom. The summed E-state index contributed by atoms with van der Waals surface area (Å²) >= 11 is 1.62. The molecule has 28 heavy (non-hydrogen) atoms. The monoisotopic (exact) mass is 409 g/mol. The quantitative estimate of drug-likeness (QED) is 0.714. The van der Waals surface area contributed by atoms with Crippen LogP contribution < -0.4 is 14.8 Å². The fraction of sp³-hybridized carbons (Fsp3) is 0.600. The van der Waals surface area contributed by atoms with Crippen LogP contribution in [0.25, 0.3) is 0 Å². The minimum absolute atomic E-state index is 0.0668. The molecule has 1 aromatic rings. The van der Waals surface area contributed by atoms with E-state index in [2.05, 4.69) is 5.32 Å². The van der Waals surface area contributed by atoms with E-state index >= 15 is 0 Å². The molecule has 0 saturated carbocycles. The predicted molar refractivity (Wildman–Crippen MR) is 112 cm³/mol. The van der Waals surface area contributed by atoms with E-state index in [1.165, 1.54) is 0 Å². The van der Waals surface area contributed by atoms with Crippen LogP contribution in [0.3, 0.4) is 0 Å². The molecule has 1 aromatic carbocycles. The number of thioether (sulfide) groups is 1. The highest BCUT2D eigenvalue weighted by Crippen LogP contribution is 2.47. The fourth-order valence-corrected chi connectivity index (χ4v) is 4.52. The largest absolute Gasteiger partial charge is 0.497 e. The molecule has 0 spiro atoms. The summed E-state index contributed by atoms with van der Waals surface area (Å²) in [5, 5.41) is 2.59. The van der Waals surface area contributed by atoms with Crippen molar-refractivity contribution in [1.29, 1.82) is 0 Å². The van der Waals surface area contributed by atoms with Crippen molar-refractivity contribution in [3.8, 4) is 11.5 Å². The summed E-state index contributed by atoms with van der Waals surface area (Å²) in [6.45, 7) is 6.76. The second-order valence-electron chi connectivity index (χ2n) is 7.05. The summed E-state index contributed by atoms with van der Waals surface area (Å²) in [6, 6.07) is 5.55. The fourth-order valence-electron chi connectivity index (χ4n) is 3.08. The lowest BCUT2D eigenvalue weighted by atomic mass is 10.1. The van der Waals surface area contributed by atoms with Crippen molar-refractivity contribution in [2.24, 2.45) is 0 Å². The Labute approximate surface area is 171 Å². The van der Waals surface area contributed by atoms with Gasteiger partial charge in [-0.05, 0) is 38.5 Å². The highest BCUT2D eigenvalue weighted by molar-refractivity contribution is 8.01. The third kappa shape index (κ3) is 5.04. The number of urea groups is 1. The molecule has 1 fully saturated rings. The number of methoxy groups -OCH3 is 2. The molecule has 2 rings (SSSR count). The van der Waals surface area contributed by atoms with Gasteiger partial charge in [0.2, 0.25) is 5.91 Å². The summed E-state index contributed by atoms with van der Waals surface area (Å²) < 4.78 is 10.9. The first-order valence-electron chi connectivity index (χ1n) is 9.51. The molecule has 0 aliphatic carbocycles. The Balaban J connectivity index is 2.23. The standard InChI is InChI=1S/C20H31N3O4S/c1-7-17-18(24)23(11-10-22(4)20(25)21-13(2)3)19(28-17)15-12-14(26-5)8-9-16(15)27-6/h8-9,12-13,17,19H,7,10-11H2,1-6H3,(H,21,25)/t17-,19-/m1/s1. The van der Waals surface area contributed by atoms with Crippen LogP contribution in [0.1, 0.15) is 38.1 Å². The normalized spacial score (nSPS) is 19.1. The maximum Gasteiger partial charge on any atom is 0.317 e. The van der Waals surface area contributed by atoms with Crippen LogP contribution in [0, 0.1) is 0 Å². The topological polar surface area (TPSA) is 71.1 Å². The number of ether oxygens (including phenoxy) is 2. The SMILES string of the molecule is CC[C@H]1S[C@H](c2cc(OC)ccc2OC)N(CCN(C)C(=O)NC(C)C)C1=O. The van der Waals surface area contributed by atoms with Gasteiger partial charge in [-0.2, -0.15) is 0 Å². The van der Waals surface area contributed by atoms with Crippen LogP contribution in [-0.2, 0) is 4.79 Å². The molecule has 1 aliphatic heterocycles. The van der Waals surface area contributed by atoms with Crippen molar-refractivity contribution in [1.82, 2.24) is 15.1 Å². The zero-order valence-electron chi connectivity index (χ0n) is 17.5. The molecule has 0 radical (unpaired) electrons. The molecule has 1 heterocycles. The number of benzene rings is 1. The van der Waals surface area contributed by atoms with E-state index in [1.54, 1.807) is 37.9 Å². The first-order valence-corrected chi connectivity index (χ1v) is 10.5. The van der Waals surface area contributed by atoms with Crippen molar-refractivity contribution in [3.63, 3.8) is 0 Å². The number of carbonyl (C=O) groups excluding carboxylic acids is 2. The summed E-state index contributed by atoms with van der Waals surface area (Å²) in [4.78, 5) is 28.6. The van der Waals surface area contributed by atoms with E-state index in [1.807, 2.05) is 43.9 Å². The summed E-state index contributed by atoms with van der Waals surface area (Å²) in [5.74, 6) is 1.54. The van der Waals surface area contributed by atoms with Gasteiger partial charge >= 0.3 is 6.03 Å². The minimum Gasteiger partial charge on any atom is -0.497 e. The number of amides is 3. The molecule has 156 valence electrons. The van der Waals surface area contributed by atoms with Gasteiger partial charge in [0.25, 0.3) is 0 Å². The van der Waals surface area contributed by atoms with Crippen LogP contribution >= 0.6 is 11.8 Å². The summed E-state index contributed by atoms with van der Waals surface area (Å²) in [6.07, 6.45) is 0.756. The summed E-state index contributed by atoms with van der Waals surface area (Å²) in [7, 11) is 4.98. The first kappa shape index (κ1) is 22.2. The Morgan fingerprint density at radius 1 is 1.32 bits per heavy atom. The molecule has 0 bridgehead atoms. The second kappa shape index (κ2) is 9.91. The van der Waals surface area contributed by atoms with Crippen molar-refractivity contribution < 1.29 is 19.1 Å². The molecule has 1 N–H and O–H groups in total. The molecule has 0 unspecified atom stereocenters. The number of carbonyl (C=O) groups is 2. The maximum atomic E-state index is 12.9. The molecule has 3 amide bonds. The lowest BCUT2D eigenvalue weighted by Gasteiger charge is -2.28. The van der Waals surface area contributed by atoms with Gasteiger partial charge in [-0.1, -0.05) is 6.92 Å². The highest BCUT2D eigenvalue weighted by atomic mass is 32.2. The Hall–Kier alpha value is -2.09. The van der Waals surface area contributed by atoms with Crippen LogP contribution in [0.2, 0.25) is 0 Å². The zero-order chi connectivity index (χ0) is 20.8. The van der Waals surface area contributed by atoms with Crippen LogP contribution in [-0.4, -0.2) is 67.4 Å². The van der Waals surface area contributed by atoms with Crippen LogP contribution in [0.5, 0.6) is 11.5 Å². The number of hydrogen-bond donors (Lipinski definition) is 1. The number of nitrogens with zero attached hydrogens (tertiary/aromatic N) is 2. The van der Waals surface area contributed by atoms with Gasteiger partial charge in [0.1, 0.15) is 16.9 Å². The van der Waals surface area contributed by atoms with Gasteiger partial charge in [0.15, 0.2) is 0 Å². The highest BCUT2D eigenvalue weighted by Gasteiger charge is 2.41. The molecular formula is C20H31N3O4S. The first-order chi connectivity index (χ1) is 13.3. The van der Waals surface area contributed by atoms with Gasteiger partial charge in [-0.25, -0.2) is 4.79 Å². The van der Waals surface area contributed by atoms with E-state index in [0.717, 1.165) is 23.5 Å². The molecule has 1 aliphatic rings. The van der Waals surface area contributed by atoms with Gasteiger partial charge in [-0.3, -0.25) is 4.79 Å². The smallest absolute Gasteiger partial charge is 0.317 e. The maximum absolute atomic E-state index is 12.9. The Morgan fingerprint density at radius 3 is 2.61 bits per heavy atom. The lowest BCUT2D eigenvalue weighted by molar-refractivity contribution is -0.130. The van der Waals surface area contributed by atoms with E-state index < -0.39 is 0 Å². The average molecular weight is 410 g/mol. The molecular weight excluding hydrogens is 378 g/mol. The van der Waals surface area contributed by atoms with Gasteiger partial charge in [0, 0.05) is 31.7 Å². The van der Waals surface area contributed by atoms with E-state index in [-0.39, 0.29) is 28.6 Å². The van der Waals surface area contributed by atoms with Gasteiger partial charge in [-0.15, -0.1) is 11.8 Å². The van der Waals surface area contributed by atoms with Crippen molar-refractivity contribution in [2.45, 2.75) is 43.9 Å². The van der Waals surface area contributed by atoms with Gasteiger partial charge < -0.3 is 24.6 Å². The van der Waals surface area contributed by atoms with Crippen LogP contribution in [0.15, 0.2) is 18.2 Å². The predicted octanol–water partition coefficient (Wildman–Crippen LogP) is 3.11. The third-order valence-electron chi connectivity index (χ3n) is 4.64. The minimum atomic E-state index is -0.177. The number of nitrogens with one attached hydrogen (secondary N) is 1. The molecule has 7 nitrogen and oxygen atoms in total. The number of likely N-dealkylation sites (N-methyl/N-ethyl adjacent to an activating group) is 1. The Bertz CT molecular complexity index is 698. The average Bonchev–Trinajstić information content (AvgIpc) is 3.00. The van der Waals surface area contributed by atoms with E-state index in [9.17, 15) is 9.59 Å². The van der Waals surface area contributed by atoms with E-state index in [0.29, 0.717) is 13.1 Å². The number of hydrogen-bond acceptors (Lipinski definition) is 5. The van der Waals surface area contributed by atoms with Gasteiger partial charge in [0.05, 0.1) is 19.5 Å². The van der Waals surface area contributed by atoms with Crippen molar-refractivity contribution in [2.75, 3.05) is 34.4 Å². The number of rotatable bonds is 8. The lowest BCUT2D eigenvalue weighted by Crippen LogP contribution is -2.44. The third-order valence-corrected chi connectivity index (χ3v) is 6.27. The molecule has 0 aromatic heterocycles. The molecule has 8 heteroatoms. The zero-order valence-corrected chi connectivity index (χ0v) is 18.3. The summed E-state index contributed by atoms with van der Waals surface area (Å²) in [5.41, 5.74) is 0.908.